The summed E-state index contributed by atoms with van der Waals surface area (Å²) in [5, 5.41) is 28.1. The van der Waals surface area contributed by atoms with E-state index in [4.69, 9.17) is 10.2 Å². The van der Waals surface area contributed by atoms with E-state index in [9.17, 15) is 14.7 Å². The van der Waals surface area contributed by atoms with Crippen LogP contribution in [0.1, 0.15) is 20.7 Å². The van der Waals surface area contributed by atoms with Gasteiger partial charge in [-0.05, 0) is 35.0 Å². The third-order valence-corrected chi connectivity index (χ3v) is 2.43. The molecule has 0 aliphatic heterocycles. The van der Waals surface area contributed by atoms with Gasteiger partial charge in [0.15, 0.2) is 0 Å². The Morgan fingerprint density at radius 2 is 1.47 bits per heavy atom. The van der Waals surface area contributed by atoms with Crippen LogP contribution in [0.5, 0.6) is 5.75 Å². The molecule has 0 radical (unpaired) electrons. The van der Waals surface area contributed by atoms with E-state index in [-0.39, 0.29) is 120 Å². The SMILES string of the molecule is O=C(O)c1ccc2cc(O)c(C(=O)O)cc2c1.[KH].[KH]. The Hall–Kier alpha value is 0.713. The van der Waals surface area contributed by atoms with Gasteiger partial charge in [-0.1, -0.05) is 6.07 Å². The number of phenols is 1. The maximum absolute atomic E-state index is 10.8. The molecule has 0 aromatic heterocycles. The van der Waals surface area contributed by atoms with Gasteiger partial charge in [-0.3, -0.25) is 0 Å². The van der Waals surface area contributed by atoms with Gasteiger partial charge in [0.1, 0.15) is 11.3 Å². The number of carboxylic acid groups (broad SMARTS) is 2. The van der Waals surface area contributed by atoms with Crippen molar-refractivity contribution in [1.82, 2.24) is 0 Å². The van der Waals surface area contributed by atoms with Crippen molar-refractivity contribution in [3.63, 3.8) is 0 Å². The molecular formula is C12H10K2O5. The average Bonchev–Trinajstić information content (AvgIpc) is 2.27. The van der Waals surface area contributed by atoms with Gasteiger partial charge in [0.05, 0.1) is 5.56 Å². The summed E-state index contributed by atoms with van der Waals surface area (Å²) in [5.74, 6) is -2.69. The van der Waals surface area contributed by atoms with Crippen LogP contribution in [0.4, 0.5) is 0 Å². The second-order valence-corrected chi connectivity index (χ2v) is 3.54. The number of aromatic hydroxyl groups is 1. The van der Waals surface area contributed by atoms with Crippen molar-refractivity contribution in [2.24, 2.45) is 0 Å². The molecule has 0 bridgehead atoms. The van der Waals surface area contributed by atoms with Crippen LogP contribution in [0.2, 0.25) is 0 Å². The summed E-state index contributed by atoms with van der Waals surface area (Å²) in [6.07, 6.45) is 0. The van der Waals surface area contributed by atoms with Crippen molar-refractivity contribution < 1.29 is 24.9 Å². The zero-order valence-corrected chi connectivity index (χ0v) is 8.54. The fraction of sp³-hybridized carbons (Fsp3) is 0. The molecule has 0 saturated carbocycles. The first-order valence-electron chi connectivity index (χ1n) is 4.72. The summed E-state index contributed by atoms with van der Waals surface area (Å²) in [6, 6.07) is 6.82. The Morgan fingerprint density at radius 3 is 2.00 bits per heavy atom. The standard InChI is InChI=1S/C12H8O5.2K.2H/c13-10-5-6-1-2-7(11(14)15)3-8(6)4-9(10)12(16)17;;;;/h1-5,13H,(H,14,15)(H,16,17);;;;. The maximum atomic E-state index is 10.8. The van der Waals surface area contributed by atoms with Crippen LogP contribution in [0.15, 0.2) is 30.3 Å². The molecule has 0 aliphatic rings. The topological polar surface area (TPSA) is 94.8 Å². The average molecular weight is 312 g/mol. The molecule has 0 spiro atoms. The molecule has 2 aromatic rings. The molecule has 2 aromatic carbocycles. The van der Waals surface area contributed by atoms with Gasteiger partial charge >= 0.3 is 115 Å². The van der Waals surface area contributed by atoms with Crippen LogP contribution < -0.4 is 0 Å². The Labute approximate surface area is 193 Å². The number of hydrogen-bond donors (Lipinski definition) is 3. The number of aromatic carboxylic acids is 2. The molecule has 0 fully saturated rings. The van der Waals surface area contributed by atoms with Gasteiger partial charge in [-0.25, -0.2) is 9.59 Å². The summed E-state index contributed by atoms with van der Waals surface area (Å²) in [5.41, 5.74) is -0.181. The predicted octanol–water partition coefficient (Wildman–Crippen LogP) is 0.645. The van der Waals surface area contributed by atoms with Gasteiger partial charge < -0.3 is 15.3 Å². The molecule has 7 heteroatoms. The third-order valence-electron chi connectivity index (χ3n) is 2.43. The fourth-order valence-corrected chi connectivity index (χ4v) is 1.59. The van der Waals surface area contributed by atoms with Crippen molar-refractivity contribution in [1.29, 1.82) is 0 Å². The molecule has 0 atom stereocenters. The summed E-state index contributed by atoms with van der Waals surface area (Å²) < 4.78 is 0. The minimum atomic E-state index is -1.26. The molecule has 90 valence electrons. The van der Waals surface area contributed by atoms with E-state index in [0.29, 0.717) is 10.8 Å². The second-order valence-electron chi connectivity index (χ2n) is 3.54. The Morgan fingerprint density at radius 1 is 0.842 bits per heavy atom. The van der Waals surface area contributed by atoms with Crippen molar-refractivity contribution in [3.05, 3.63) is 41.5 Å². The molecular weight excluding hydrogens is 302 g/mol. The second kappa shape index (κ2) is 8.23. The number of fused-ring (bicyclic) bond motifs is 1. The van der Waals surface area contributed by atoms with Crippen molar-refractivity contribution in [2.45, 2.75) is 0 Å². The van der Waals surface area contributed by atoms with Gasteiger partial charge in [-0.2, -0.15) is 0 Å². The monoisotopic (exact) mass is 312 g/mol. The normalized spacial score (nSPS) is 9.26. The van der Waals surface area contributed by atoms with Crippen LogP contribution in [0.3, 0.4) is 0 Å². The number of benzene rings is 2. The van der Waals surface area contributed by atoms with Crippen molar-refractivity contribution >= 4 is 125 Å². The zero-order valence-electron chi connectivity index (χ0n) is 8.54. The third kappa shape index (κ3) is 4.60. The quantitative estimate of drug-likeness (QED) is 0.708. The Balaban J connectivity index is 0.00000162. The van der Waals surface area contributed by atoms with E-state index < -0.39 is 11.9 Å². The van der Waals surface area contributed by atoms with E-state index in [0.717, 1.165) is 0 Å². The summed E-state index contributed by atoms with van der Waals surface area (Å²) in [7, 11) is 0. The van der Waals surface area contributed by atoms with Crippen LogP contribution in [0, 0.1) is 0 Å². The number of carbonyl (C=O) groups is 2. The van der Waals surface area contributed by atoms with E-state index in [2.05, 4.69) is 0 Å². The van der Waals surface area contributed by atoms with E-state index in [1.165, 1.54) is 30.3 Å². The molecule has 5 nitrogen and oxygen atoms in total. The van der Waals surface area contributed by atoms with Gasteiger partial charge in [-0.15, -0.1) is 0 Å². The zero-order chi connectivity index (χ0) is 12.6. The molecule has 0 unspecified atom stereocenters. The molecule has 0 amide bonds. The summed E-state index contributed by atoms with van der Waals surface area (Å²) >= 11 is 0. The van der Waals surface area contributed by atoms with E-state index in [1.807, 2.05) is 0 Å². The first-order chi connectivity index (χ1) is 7.99. The first kappa shape index (κ1) is 19.7. The minimum absolute atomic E-state index is 0. The van der Waals surface area contributed by atoms with Crippen molar-refractivity contribution in [3.8, 4) is 5.75 Å². The molecule has 0 heterocycles. The number of rotatable bonds is 2. The van der Waals surface area contributed by atoms with E-state index >= 15 is 0 Å². The Bertz CT molecular complexity index is 639. The number of hydrogen-bond acceptors (Lipinski definition) is 3. The molecule has 3 N–H and O–H groups in total. The number of carboxylic acids is 2. The fourth-order valence-electron chi connectivity index (χ4n) is 1.59. The van der Waals surface area contributed by atoms with Gasteiger partial charge in [0.25, 0.3) is 0 Å². The van der Waals surface area contributed by atoms with Crippen LogP contribution >= 0.6 is 0 Å². The molecule has 19 heavy (non-hydrogen) atoms. The van der Waals surface area contributed by atoms with Crippen LogP contribution in [-0.4, -0.2) is 130 Å². The Kier molecular flexibility index (Phi) is 8.54. The van der Waals surface area contributed by atoms with Crippen molar-refractivity contribution in [2.75, 3.05) is 0 Å². The molecule has 0 saturated heterocycles. The molecule has 0 aliphatic carbocycles. The first-order valence-corrected chi connectivity index (χ1v) is 4.72. The van der Waals surface area contributed by atoms with Gasteiger partial charge in [0, 0.05) is 0 Å². The predicted molar refractivity (Wildman–Crippen MR) is 73.8 cm³/mol. The van der Waals surface area contributed by atoms with Crippen LogP contribution in [-0.2, 0) is 0 Å². The van der Waals surface area contributed by atoms with Gasteiger partial charge in [0.2, 0.25) is 0 Å². The summed E-state index contributed by atoms with van der Waals surface area (Å²) in [6.45, 7) is 0. The van der Waals surface area contributed by atoms with E-state index in [1.54, 1.807) is 0 Å². The van der Waals surface area contributed by atoms with Crippen LogP contribution in [0.25, 0.3) is 10.8 Å². The molecule has 2 rings (SSSR count). The summed E-state index contributed by atoms with van der Waals surface area (Å²) in [4.78, 5) is 21.6.